The molecule has 0 fully saturated rings. The second-order valence-electron chi connectivity index (χ2n) is 4.06. The molecule has 1 N–H and O–H groups in total. The van der Waals surface area contributed by atoms with Gasteiger partial charge in [0, 0.05) is 6.07 Å². The average Bonchev–Trinajstić information content (AvgIpc) is 2.54. The maximum Gasteiger partial charge on any atom is 0.262 e. The van der Waals surface area contributed by atoms with Gasteiger partial charge in [0.05, 0.1) is 30.6 Å². The number of anilines is 1. The van der Waals surface area contributed by atoms with Gasteiger partial charge in [-0.25, -0.2) is 4.98 Å². The molecule has 2 rings (SSSR count). The van der Waals surface area contributed by atoms with Gasteiger partial charge in [0.15, 0.2) is 6.61 Å². The number of rotatable bonds is 5. The van der Waals surface area contributed by atoms with E-state index in [1.807, 2.05) is 6.07 Å². The number of nitrogens with zero attached hydrogens (tertiary/aromatic N) is 2. The summed E-state index contributed by atoms with van der Waals surface area (Å²) in [5, 5.41) is 11.3. The Labute approximate surface area is 121 Å². The molecule has 6 heteroatoms. The van der Waals surface area contributed by atoms with Crippen molar-refractivity contribution < 1.29 is 14.3 Å². The highest BCUT2D eigenvalue weighted by Gasteiger charge is 2.04. The number of pyridine rings is 1. The summed E-state index contributed by atoms with van der Waals surface area (Å²) in [6.45, 7) is -0.127. The summed E-state index contributed by atoms with van der Waals surface area (Å²) in [6, 6.07) is 11.9. The van der Waals surface area contributed by atoms with Gasteiger partial charge in [-0.1, -0.05) is 0 Å². The number of hydrogen-bond donors (Lipinski definition) is 1. The predicted octanol–water partition coefficient (Wildman–Crippen LogP) is 1.98. The van der Waals surface area contributed by atoms with Crippen LogP contribution in [0.1, 0.15) is 5.56 Å². The highest BCUT2D eigenvalue weighted by Crippen LogP contribution is 2.13. The third-order valence-corrected chi connectivity index (χ3v) is 2.58. The number of aromatic nitrogens is 1. The predicted molar refractivity (Wildman–Crippen MR) is 76.1 cm³/mol. The monoisotopic (exact) mass is 283 g/mol. The lowest BCUT2D eigenvalue weighted by atomic mass is 10.2. The minimum absolute atomic E-state index is 0.127. The molecule has 0 aliphatic heterocycles. The molecule has 0 bridgehead atoms. The Morgan fingerprint density at radius 2 is 2.05 bits per heavy atom. The van der Waals surface area contributed by atoms with Crippen molar-refractivity contribution in [1.29, 1.82) is 5.26 Å². The minimum atomic E-state index is -0.300. The van der Waals surface area contributed by atoms with E-state index >= 15 is 0 Å². The van der Waals surface area contributed by atoms with E-state index in [2.05, 4.69) is 10.3 Å². The van der Waals surface area contributed by atoms with Crippen LogP contribution < -0.4 is 14.8 Å². The van der Waals surface area contributed by atoms with Gasteiger partial charge < -0.3 is 14.8 Å². The summed E-state index contributed by atoms with van der Waals surface area (Å²) in [6.07, 6.45) is 1.50. The van der Waals surface area contributed by atoms with Crippen LogP contribution in [0.4, 0.5) is 5.69 Å². The Hall–Kier alpha value is -3.07. The second kappa shape index (κ2) is 6.91. The van der Waals surface area contributed by atoms with E-state index in [0.29, 0.717) is 22.9 Å². The van der Waals surface area contributed by atoms with Gasteiger partial charge in [-0.3, -0.25) is 4.79 Å². The summed E-state index contributed by atoms with van der Waals surface area (Å²) in [5.41, 5.74) is 1.10. The molecule has 106 valence electrons. The van der Waals surface area contributed by atoms with Crippen molar-refractivity contribution in [2.24, 2.45) is 0 Å². The molecule has 1 amide bonds. The quantitative estimate of drug-likeness (QED) is 0.907. The van der Waals surface area contributed by atoms with Crippen molar-refractivity contribution in [1.82, 2.24) is 4.98 Å². The average molecular weight is 283 g/mol. The van der Waals surface area contributed by atoms with Crippen LogP contribution >= 0.6 is 0 Å². The van der Waals surface area contributed by atoms with Crippen LogP contribution in [0.2, 0.25) is 0 Å². The molecule has 0 aliphatic carbocycles. The van der Waals surface area contributed by atoms with Gasteiger partial charge in [-0.2, -0.15) is 5.26 Å². The molecule has 2 aromatic rings. The Kier molecular flexibility index (Phi) is 4.72. The summed E-state index contributed by atoms with van der Waals surface area (Å²) in [4.78, 5) is 15.7. The standard InChI is InChI=1S/C15H13N3O3/c1-20-15-7-4-12(9-17-15)18-14(19)10-21-13-5-2-11(8-16)3-6-13/h2-7,9H,10H2,1H3,(H,18,19). The van der Waals surface area contributed by atoms with Crippen molar-refractivity contribution in [2.75, 3.05) is 19.0 Å². The number of carbonyl (C=O) groups excluding carboxylic acids is 1. The number of benzene rings is 1. The van der Waals surface area contributed by atoms with Gasteiger partial charge in [-0.15, -0.1) is 0 Å². The molecule has 0 spiro atoms. The highest BCUT2D eigenvalue weighted by molar-refractivity contribution is 5.91. The first-order chi connectivity index (χ1) is 10.2. The lowest BCUT2D eigenvalue weighted by Crippen LogP contribution is -2.20. The lowest BCUT2D eigenvalue weighted by Gasteiger charge is -2.07. The maximum absolute atomic E-state index is 11.7. The lowest BCUT2D eigenvalue weighted by molar-refractivity contribution is -0.118. The smallest absolute Gasteiger partial charge is 0.262 e. The topological polar surface area (TPSA) is 84.2 Å². The van der Waals surface area contributed by atoms with Crippen molar-refractivity contribution in [3.63, 3.8) is 0 Å². The SMILES string of the molecule is COc1ccc(NC(=O)COc2ccc(C#N)cc2)cn1. The number of carbonyl (C=O) groups is 1. The van der Waals surface area contributed by atoms with E-state index in [0.717, 1.165) is 0 Å². The van der Waals surface area contributed by atoms with E-state index < -0.39 is 0 Å². The molecule has 0 radical (unpaired) electrons. The Morgan fingerprint density at radius 1 is 1.29 bits per heavy atom. The minimum Gasteiger partial charge on any atom is -0.484 e. The highest BCUT2D eigenvalue weighted by atomic mass is 16.5. The number of amides is 1. The summed E-state index contributed by atoms with van der Waals surface area (Å²) < 4.78 is 10.2. The van der Waals surface area contributed by atoms with E-state index in [4.69, 9.17) is 14.7 Å². The molecule has 0 saturated heterocycles. The van der Waals surface area contributed by atoms with Crippen molar-refractivity contribution >= 4 is 11.6 Å². The first kappa shape index (κ1) is 14.3. The largest absolute Gasteiger partial charge is 0.484 e. The van der Waals surface area contributed by atoms with Crippen molar-refractivity contribution in [2.45, 2.75) is 0 Å². The molecular formula is C15H13N3O3. The molecule has 1 aromatic carbocycles. The van der Waals surface area contributed by atoms with E-state index in [1.54, 1.807) is 36.4 Å². The zero-order valence-electron chi connectivity index (χ0n) is 11.4. The van der Waals surface area contributed by atoms with Gasteiger partial charge >= 0.3 is 0 Å². The van der Waals surface area contributed by atoms with Crippen LogP contribution in [0, 0.1) is 11.3 Å². The zero-order chi connectivity index (χ0) is 15.1. The molecular weight excluding hydrogens is 270 g/mol. The number of hydrogen-bond acceptors (Lipinski definition) is 5. The Balaban J connectivity index is 1.84. The third-order valence-electron chi connectivity index (χ3n) is 2.58. The van der Waals surface area contributed by atoms with Gasteiger partial charge in [0.1, 0.15) is 5.75 Å². The van der Waals surface area contributed by atoms with E-state index in [9.17, 15) is 4.79 Å². The van der Waals surface area contributed by atoms with Gasteiger partial charge in [-0.05, 0) is 30.3 Å². The van der Waals surface area contributed by atoms with Crippen molar-refractivity contribution in [3.8, 4) is 17.7 Å². The van der Waals surface area contributed by atoms with Gasteiger partial charge in [0.2, 0.25) is 5.88 Å². The van der Waals surface area contributed by atoms with Crippen LogP contribution in [-0.2, 0) is 4.79 Å². The van der Waals surface area contributed by atoms with E-state index in [-0.39, 0.29) is 12.5 Å². The fourth-order valence-electron chi connectivity index (χ4n) is 1.55. The Morgan fingerprint density at radius 3 is 2.62 bits per heavy atom. The van der Waals surface area contributed by atoms with Crippen LogP contribution in [0.25, 0.3) is 0 Å². The summed E-state index contributed by atoms with van der Waals surface area (Å²) in [5.74, 6) is 0.699. The van der Waals surface area contributed by atoms with Crippen LogP contribution in [0.3, 0.4) is 0 Å². The number of nitriles is 1. The van der Waals surface area contributed by atoms with Crippen LogP contribution in [-0.4, -0.2) is 24.6 Å². The molecule has 1 heterocycles. The third kappa shape index (κ3) is 4.21. The molecule has 0 unspecified atom stereocenters. The number of nitrogens with one attached hydrogen (secondary N) is 1. The van der Waals surface area contributed by atoms with Crippen LogP contribution in [0.15, 0.2) is 42.6 Å². The molecule has 1 aromatic heterocycles. The maximum atomic E-state index is 11.7. The fourth-order valence-corrected chi connectivity index (χ4v) is 1.55. The number of ether oxygens (including phenoxy) is 2. The second-order valence-corrected chi connectivity index (χ2v) is 4.06. The summed E-state index contributed by atoms with van der Waals surface area (Å²) >= 11 is 0. The molecule has 6 nitrogen and oxygen atoms in total. The Bertz CT molecular complexity index is 645. The normalized spacial score (nSPS) is 9.52. The number of methoxy groups -OCH3 is 1. The molecule has 21 heavy (non-hydrogen) atoms. The first-order valence-electron chi connectivity index (χ1n) is 6.14. The van der Waals surface area contributed by atoms with E-state index in [1.165, 1.54) is 13.3 Å². The van der Waals surface area contributed by atoms with Crippen molar-refractivity contribution in [3.05, 3.63) is 48.2 Å². The fraction of sp³-hybridized carbons (Fsp3) is 0.133. The zero-order valence-corrected chi connectivity index (χ0v) is 11.4. The first-order valence-corrected chi connectivity index (χ1v) is 6.14. The molecule has 0 aliphatic rings. The van der Waals surface area contributed by atoms with Crippen LogP contribution in [0.5, 0.6) is 11.6 Å². The van der Waals surface area contributed by atoms with Gasteiger partial charge in [0.25, 0.3) is 5.91 Å². The summed E-state index contributed by atoms with van der Waals surface area (Å²) in [7, 11) is 1.52. The molecule has 0 atom stereocenters. The molecule has 0 saturated carbocycles.